The summed E-state index contributed by atoms with van der Waals surface area (Å²) in [6.07, 6.45) is 0. The number of aromatic carboxylic acids is 1. The summed E-state index contributed by atoms with van der Waals surface area (Å²) in [5.41, 5.74) is 0.848. The molecule has 13 heteroatoms. The van der Waals surface area contributed by atoms with E-state index in [2.05, 4.69) is 15.1 Å². The molecule has 3 N–H and O–H groups in total. The third-order valence-corrected chi connectivity index (χ3v) is 7.69. The quantitative estimate of drug-likeness (QED) is 0.225. The normalized spacial score (nSPS) is 11.3. The van der Waals surface area contributed by atoms with E-state index in [0.29, 0.717) is 22.7 Å². The average molecular weight is 595 g/mol. The van der Waals surface area contributed by atoms with E-state index in [1.807, 2.05) is 0 Å². The number of amides is 1. The number of carboxylic acid groups (broad SMARTS) is 1. The van der Waals surface area contributed by atoms with Gasteiger partial charge in [-0.15, -0.1) is 0 Å². The molecule has 0 aliphatic carbocycles. The van der Waals surface area contributed by atoms with E-state index < -0.39 is 27.9 Å². The number of nitrogens with zero attached hydrogens (tertiary/aromatic N) is 2. The van der Waals surface area contributed by atoms with Crippen LogP contribution < -0.4 is 24.2 Å². The molecule has 220 valence electrons. The number of hydrogen-bond acceptors (Lipinski definition) is 8. The maximum absolute atomic E-state index is 13.4. The fourth-order valence-corrected chi connectivity index (χ4v) is 5.43. The number of nitrogens with one attached hydrogen (secondary N) is 2. The zero-order valence-electron chi connectivity index (χ0n) is 23.5. The SMILES string of the molecule is COc1ccc(-n2nc(C(=O)O)c(C)c2Oc2ccc(NC(=O)c3cccc(OC)c3)cc2S(=O)(=O)NC(C)C)cc1. The lowest BCUT2D eigenvalue weighted by Crippen LogP contribution is -2.30. The van der Waals surface area contributed by atoms with Crippen LogP contribution in [0.15, 0.2) is 71.6 Å². The summed E-state index contributed by atoms with van der Waals surface area (Å²) in [5.74, 6) is -0.829. The lowest BCUT2D eigenvalue weighted by Gasteiger charge is -2.17. The molecule has 3 aromatic carbocycles. The van der Waals surface area contributed by atoms with E-state index >= 15 is 0 Å². The molecule has 1 amide bonds. The van der Waals surface area contributed by atoms with Crippen molar-refractivity contribution in [1.82, 2.24) is 14.5 Å². The second-order valence-electron chi connectivity index (χ2n) is 9.42. The third-order valence-electron chi connectivity index (χ3n) is 6.01. The van der Waals surface area contributed by atoms with Crippen LogP contribution in [0.25, 0.3) is 5.69 Å². The first kappa shape index (κ1) is 30.1. The van der Waals surface area contributed by atoms with Crippen LogP contribution in [0, 0.1) is 6.92 Å². The number of sulfonamides is 1. The smallest absolute Gasteiger partial charge is 0.356 e. The Balaban J connectivity index is 1.79. The number of carbonyl (C=O) groups excluding carboxylic acids is 1. The number of rotatable bonds is 11. The molecule has 0 radical (unpaired) electrons. The Morgan fingerprint density at radius 2 is 1.64 bits per heavy atom. The molecule has 0 bridgehead atoms. The molecule has 4 aromatic rings. The number of carbonyl (C=O) groups is 2. The fraction of sp³-hybridized carbons (Fsp3) is 0.207. The molecule has 0 atom stereocenters. The molecule has 0 spiro atoms. The predicted molar refractivity (Wildman–Crippen MR) is 155 cm³/mol. The maximum atomic E-state index is 13.4. The van der Waals surface area contributed by atoms with Crippen molar-refractivity contribution in [3.8, 4) is 28.8 Å². The first-order valence-corrected chi connectivity index (χ1v) is 14.2. The number of aromatic nitrogens is 2. The van der Waals surface area contributed by atoms with Crippen molar-refractivity contribution in [3.63, 3.8) is 0 Å². The molecule has 0 saturated heterocycles. The zero-order chi connectivity index (χ0) is 30.6. The monoisotopic (exact) mass is 594 g/mol. The van der Waals surface area contributed by atoms with Gasteiger partial charge < -0.3 is 24.6 Å². The molecule has 42 heavy (non-hydrogen) atoms. The van der Waals surface area contributed by atoms with Crippen LogP contribution in [0.4, 0.5) is 5.69 Å². The zero-order valence-corrected chi connectivity index (χ0v) is 24.4. The van der Waals surface area contributed by atoms with E-state index in [0.717, 1.165) is 0 Å². The largest absolute Gasteiger partial charge is 0.497 e. The van der Waals surface area contributed by atoms with Crippen LogP contribution in [-0.2, 0) is 10.0 Å². The highest BCUT2D eigenvalue weighted by Gasteiger charge is 2.27. The summed E-state index contributed by atoms with van der Waals surface area (Å²) < 4.78 is 47.1. The number of methoxy groups -OCH3 is 2. The summed E-state index contributed by atoms with van der Waals surface area (Å²) in [7, 11) is -1.17. The molecule has 0 aliphatic rings. The van der Waals surface area contributed by atoms with Crippen molar-refractivity contribution in [1.29, 1.82) is 0 Å². The predicted octanol–water partition coefficient (Wildman–Crippen LogP) is 4.63. The minimum absolute atomic E-state index is 0.00766. The highest BCUT2D eigenvalue weighted by molar-refractivity contribution is 7.89. The van der Waals surface area contributed by atoms with Gasteiger partial charge in [-0.05, 0) is 81.4 Å². The molecule has 1 heterocycles. The Hall–Kier alpha value is -4.88. The Bertz CT molecular complexity index is 1730. The van der Waals surface area contributed by atoms with Crippen LogP contribution in [0.2, 0.25) is 0 Å². The molecular formula is C29H30N4O8S. The third kappa shape index (κ3) is 6.53. The first-order chi connectivity index (χ1) is 19.9. The van der Waals surface area contributed by atoms with E-state index in [4.69, 9.17) is 14.2 Å². The minimum atomic E-state index is -4.16. The van der Waals surface area contributed by atoms with Gasteiger partial charge in [-0.25, -0.2) is 17.9 Å². The van der Waals surface area contributed by atoms with E-state index in [-0.39, 0.29) is 33.5 Å². The van der Waals surface area contributed by atoms with Gasteiger partial charge in [0.05, 0.1) is 19.9 Å². The van der Waals surface area contributed by atoms with Crippen LogP contribution in [0.3, 0.4) is 0 Å². The molecule has 0 saturated carbocycles. The van der Waals surface area contributed by atoms with Crippen LogP contribution in [0.5, 0.6) is 23.1 Å². The molecule has 0 unspecified atom stereocenters. The number of carboxylic acids is 1. The lowest BCUT2D eigenvalue weighted by molar-refractivity contribution is 0.0689. The minimum Gasteiger partial charge on any atom is -0.497 e. The molecular weight excluding hydrogens is 564 g/mol. The van der Waals surface area contributed by atoms with Crippen molar-refractivity contribution in [2.24, 2.45) is 0 Å². The Kier molecular flexibility index (Phi) is 8.83. The van der Waals surface area contributed by atoms with Gasteiger partial charge in [-0.2, -0.15) is 9.78 Å². The van der Waals surface area contributed by atoms with Gasteiger partial charge in [0.2, 0.25) is 15.9 Å². The number of anilines is 1. The van der Waals surface area contributed by atoms with Gasteiger partial charge in [-0.1, -0.05) is 6.07 Å². The van der Waals surface area contributed by atoms with Gasteiger partial charge >= 0.3 is 5.97 Å². The second kappa shape index (κ2) is 12.3. The van der Waals surface area contributed by atoms with Crippen molar-refractivity contribution in [2.75, 3.05) is 19.5 Å². The van der Waals surface area contributed by atoms with E-state index in [9.17, 15) is 23.1 Å². The first-order valence-electron chi connectivity index (χ1n) is 12.7. The number of hydrogen-bond donors (Lipinski definition) is 3. The highest BCUT2D eigenvalue weighted by atomic mass is 32.2. The van der Waals surface area contributed by atoms with Gasteiger partial charge in [0, 0.05) is 22.9 Å². The van der Waals surface area contributed by atoms with Gasteiger partial charge in [0.25, 0.3) is 5.91 Å². The molecule has 12 nitrogen and oxygen atoms in total. The van der Waals surface area contributed by atoms with Crippen molar-refractivity contribution in [2.45, 2.75) is 31.7 Å². The molecule has 1 aromatic heterocycles. The number of ether oxygens (including phenoxy) is 3. The summed E-state index contributed by atoms with van der Waals surface area (Å²) in [5, 5.41) is 16.6. The summed E-state index contributed by atoms with van der Waals surface area (Å²) in [6, 6.07) is 16.8. The fourth-order valence-electron chi connectivity index (χ4n) is 4.03. The summed E-state index contributed by atoms with van der Waals surface area (Å²) in [4.78, 5) is 24.6. The topological polar surface area (TPSA) is 158 Å². The lowest BCUT2D eigenvalue weighted by atomic mass is 10.2. The van der Waals surface area contributed by atoms with Gasteiger partial charge in [0.1, 0.15) is 22.1 Å². The van der Waals surface area contributed by atoms with E-state index in [1.54, 1.807) is 62.4 Å². The average Bonchev–Trinajstić information content (AvgIpc) is 3.29. The van der Waals surface area contributed by atoms with Crippen LogP contribution >= 0.6 is 0 Å². The second-order valence-corrected chi connectivity index (χ2v) is 11.1. The highest BCUT2D eigenvalue weighted by Crippen LogP contribution is 2.36. The van der Waals surface area contributed by atoms with Crippen LogP contribution in [0.1, 0.15) is 40.3 Å². The van der Waals surface area contributed by atoms with Gasteiger partial charge in [0.15, 0.2) is 5.69 Å². The standard InChI is InChI=1S/C29H30N4O8S/c1-17(2)32-42(37,38)25-16-20(30-27(34)19-7-6-8-23(15-19)40-5)9-14-24(25)41-28-18(3)26(29(35)36)31-33(28)21-10-12-22(39-4)13-11-21/h6-17,32H,1-5H3,(H,30,34)(H,35,36). The Labute approximate surface area is 242 Å². The molecule has 0 aliphatic heterocycles. The van der Waals surface area contributed by atoms with Crippen molar-refractivity contribution >= 4 is 27.6 Å². The van der Waals surface area contributed by atoms with Crippen molar-refractivity contribution < 1.29 is 37.3 Å². The Morgan fingerprint density at radius 1 is 0.952 bits per heavy atom. The maximum Gasteiger partial charge on any atom is 0.356 e. The molecule has 4 rings (SSSR count). The summed E-state index contributed by atoms with van der Waals surface area (Å²) >= 11 is 0. The van der Waals surface area contributed by atoms with E-state index in [1.165, 1.54) is 44.0 Å². The summed E-state index contributed by atoms with van der Waals surface area (Å²) in [6.45, 7) is 4.83. The number of benzene rings is 3. The van der Waals surface area contributed by atoms with Gasteiger partial charge in [-0.3, -0.25) is 4.79 Å². The van der Waals surface area contributed by atoms with Crippen molar-refractivity contribution in [3.05, 3.63) is 83.6 Å². The Morgan fingerprint density at radius 3 is 2.26 bits per heavy atom. The van der Waals surface area contributed by atoms with Crippen LogP contribution in [-0.4, -0.2) is 55.4 Å². The molecule has 0 fully saturated rings.